The zero-order valence-electron chi connectivity index (χ0n) is 9.57. The van der Waals surface area contributed by atoms with Gasteiger partial charge in [-0.1, -0.05) is 42.5 Å². The summed E-state index contributed by atoms with van der Waals surface area (Å²) in [6.07, 6.45) is 0.558. The minimum Gasteiger partial charge on any atom is -0.351 e. The first-order valence-electron chi connectivity index (χ1n) is 5.31. The van der Waals surface area contributed by atoms with Gasteiger partial charge in [0.2, 0.25) is 5.91 Å². The Morgan fingerprint density at radius 2 is 2.06 bits per heavy atom. The fraction of sp³-hybridized carbons (Fsp3) is 0.308. The van der Waals surface area contributed by atoms with E-state index in [0.29, 0.717) is 13.0 Å². The van der Waals surface area contributed by atoms with E-state index in [1.807, 2.05) is 37.3 Å². The van der Waals surface area contributed by atoms with Crippen molar-refractivity contribution in [2.24, 2.45) is 5.73 Å². The molecule has 86 valence electrons. The molecule has 0 saturated heterocycles. The van der Waals surface area contributed by atoms with Gasteiger partial charge in [0.25, 0.3) is 0 Å². The summed E-state index contributed by atoms with van der Waals surface area (Å²) in [4.78, 5) is 11.6. The summed E-state index contributed by atoms with van der Waals surface area (Å²) in [6, 6.07) is 9.25. The van der Waals surface area contributed by atoms with Gasteiger partial charge < -0.3 is 11.1 Å². The zero-order chi connectivity index (χ0) is 12.0. The van der Waals surface area contributed by atoms with E-state index < -0.39 is 6.04 Å². The Bertz CT molecular complexity index is 359. The van der Waals surface area contributed by atoms with Crippen LogP contribution in [-0.2, 0) is 11.2 Å². The number of rotatable bonds is 5. The molecule has 0 aromatic heterocycles. The molecule has 1 aromatic rings. The lowest BCUT2D eigenvalue weighted by Crippen LogP contribution is -2.42. The highest BCUT2D eigenvalue weighted by Crippen LogP contribution is 2.01. The number of carbonyl (C=O) groups is 1. The van der Waals surface area contributed by atoms with Gasteiger partial charge >= 0.3 is 0 Å². The maximum Gasteiger partial charge on any atom is 0.237 e. The predicted octanol–water partition coefficient (Wildman–Crippen LogP) is 1.25. The highest BCUT2D eigenvalue weighted by Gasteiger charge is 2.12. The first-order valence-corrected chi connectivity index (χ1v) is 5.31. The summed E-state index contributed by atoms with van der Waals surface area (Å²) in [6.45, 7) is 6.07. The normalized spacial score (nSPS) is 11.9. The Hall–Kier alpha value is -1.61. The summed E-state index contributed by atoms with van der Waals surface area (Å²) >= 11 is 0. The number of amides is 1. The van der Waals surface area contributed by atoms with Gasteiger partial charge in [-0.25, -0.2) is 0 Å². The quantitative estimate of drug-likeness (QED) is 0.731. The van der Waals surface area contributed by atoms with Gasteiger partial charge in [-0.05, 0) is 18.9 Å². The molecule has 3 N–H and O–H groups in total. The number of hydrogen-bond acceptors (Lipinski definition) is 2. The van der Waals surface area contributed by atoms with E-state index in [-0.39, 0.29) is 5.91 Å². The molecule has 0 fully saturated rings. The molecule has 1 rings (SSSR count). The van der Waals surface area contributed by atoms with Gasteiger partial charge in [0, 0.05) is 6.54 Å². The molecule has 1 atom stereocenters. The fourth-order valence-corrected chi connectivity index (χ4v) is 1.33. The van der Waals surface area contributed by atoms with Gasteiger partial charge in [0.05, 0.1) is 6.04 Å². The summed E-state index contributed by atoms with van der Waals surface area (Å²) in [5.74, 6) is -0.133. The molecule has 0 aliphatic heterocycles. The number of nitrogens with two attached hydrogens (primary N) is 1. The molecule has 3 heteroatoms. The number of hydrogen-bond donors (Lipinski definition) is 2. The highest BCUT2D eigenvalue weighted by atomic mass is 16.2. The molecule has 0 saturated carbocycles. The van der Waals surface area contributed by atoms with Crippen LogP contribution >= 0.6 is 0 Å². The Morgan fingerprint density at radius 3 is 2.62 bits per heavy atom. The van der Waals surface area contributed by atoms with Gasteiger partial charge in [0.15, 0.2) is 0 Å². The van der Waals surface area contributed by atoms with E-state index in [1.54, 1.807) is 0 Å². The molecule has 0 aliphatic rings. The van der Waals surface area contributed by atoms with Gasteiger partial charge in [0.1, 0.15) is 0 Å². The second-order valence-corrected chi connectivity index (χ2v) is 3.97. The van der Waals surface area contributed by atoms with E-state index in [2.05, 4.69) is 11.9 Å². The third-order valence-corrected chi connectivity index (χ3v) is 2.20. The standard InChI is InChI=1S/C13H18N2O/c1-10(2)9-15-13(16)12(14)8-11-6-4-3-5-7-11/h3-7,12H,1,8-9,14H2,2H3,(H,15,16). The van der Waals surface area contributed by atoms with Crippen molar-refractivity contribution >= 4 is 5.91 Å². The average Bonchev–Trinajstić information content (AvgIpc) is 2.27. The van der Waals surface area contributed by atoms with Crippen molar-refractivity contribution in [1.29, 1.82) is 0 Å². The Balaban J connectivity index is 2.43. The van der Waals surface area contributed by atoms with Crippen LogP contribution in [0.1, 0.15) is 12.5 Å². The number of benzene rings is 1. The van der Waals surface area contributed by atoms with Crippen LogP contribution in [-0.4, -0.2) is 18.5 Å². The third-order valence-electron chi connectivity index (χ3n) is 2.20. The molecule has 0 radical (unpaired) electrons. The molecular formula is C13H18N2O. The SMILES string of the molecule is C=C(C)CNC(=O)C(N)Cc1ccccc1. The molecule has 1 amide bonds. The molecule has 1 unspecified atom stereocenters. The van der Waals surface area contributed by atoms with Crippen LogP contribution in [0.25, 0.3) is 0 Å². The van der Waals surface area contributed by atoms with E-state index >= 15 is 0 Å². The molecule has 0 bridgehead atoms. The number of carbonyl (C=O) groups excluding carboxylic acids is 1. The van der Waals surface area contributed by atoms with Crippen molar-refractivity contribution in [1.82, 2.24) is 5.32 Å². The molecule has 16 heavy (non-hydrogen) atoms. The van der Waals surface area contributed by atoms with Gasteiger partial charge in [-0.2, -0.15) is 0 Å². The first-order chi connectivity index (χ1) is 7.59. The minimum atomic E-state index is -0.498. The minimum absolute atomic E-state index is 0.133. The Labute approximate surface area is 96.3 Å². The molecule has 0 spiro atoms. The lowest BCUT2D eigenvalue weighted by atomic mass is 10.1. The summed E-state index contributed by atoms with van der Waals surface area (Å²) in [5, 5.41) is 2.74. The number of nitrogens with one attached hydrogen (secondary N) is 1. The maximum absolute atomic E-state index is 11.6. The van der Waals surface area contributed by atoms with Crippen molar-refractivity contribution in [3.8, 4) is 0 Å². The lowest BCUT2D eigenvalue weighted by molar-refractivity contribution is -0.122. The van der Waals surface area contributed by atoms with E-state index in [9.17, 15) is 4.79 Å². The van der Waals surface area contributed by atoms with Gasteiger partial charge in [-0.3, -0.25) is 4.79 Å². The summed E-state index contributed by atoms with van der Waals surface area (Å²) in [7, 11) is 0. The van der Waals surface area contributed by atoms with E-state index in [1.165, 1.54) is 0 Å². The van der Waals surface area contributed by atoms with Crippen molar-refractivity contribution in [2.45, 2.75) is 19.4 Å². The van der Waals surface area contributed by atoms with Crippen LogP contribution in [0.15, 0.2) is 42.5 Å². The predicted molar refractivity (Wildman–Crippen MR) is 65.9 cm³/mol. The Morgan fingerprint density at radius 1 is 1.44 bits per heavy atom. The van der Waals surface area contributed by atoms with Crippen molar-refractivity contribution in [2.75, 3.05) is 6.54 Å². The lowest BCUT2D eigenvalue weighted by Gasteiger charge is -2.12. The summed E-state index contributed by atoms with van der Waals surface area (Å²) < 4.78 is 0. The first kappa shape index (κ1) is 12.5. The smallest absolute Gasteiger partial charge is 0.237 e. The maximum atomic E-state index is 11.6. The monoisotopic (exact) mass is 218 g/mol. The van der Waals surface area contributed by atoms with Crippen LogP contribution in [0.3, 0.4) is 0 Å². The molecule has 3 nitrogen and oxygen atoms in total. The fourth-order valence-electron chi connectivity index (χ4n) is 1.33. The van der Waals surface area contributed by atoms with Gasteiger partial charge in [-0.15, -0.1) is 0 Å². The van der Waals surface area contributed by atoms with E-state index in [4.69, 9.17) is 5.73 Å². The Kier molecular flexibility index (Phi) is 4.73. The van der Waals surface area contributed by atoms with Crippen LogP contribution in [0.2, 0.25) is 0 Å². The largest absolute Gasteiger partial charge is 0.351 e. The van der Waals surface area contributed by atoms with Crippen LogP contribution in [0.5, 0.6) is 0 Å². The molecule has 0 aliphatic carbocycles. The van der Waals surface area contributed by atoms with Crippen LogP contribution in [0.4, 0.5) is 0 Å². The van der Waals surface area contributed by atoms with Crippen molar-refractivity contribution in [3.63, 3.8) is 0 Å². The second-order valence-electron chi connectivity index (χ2n) is 3.97. The third kappa shape index (κ3) is 4.28. The topological polar surface area (TPSA) is 55.1 Å². The van der Waals surface area contributed by atoms with Crippen LogP contribution in [0, 0.1) is 0 Å². The second kappa shape index (κ2) is 6.08. The average molecular weight is 218 g/mol. The molecule has 1 aromatic carbocycles. The van der Waals surface area contributed by atoms with Crippen LogP contribution < -0.4 is 11.1 Å². The van der Waals surface area contributed by atoms with Crippen molar-refractivity contribution < 1.29 is 4.79 Å². The highest BCUT2D eigenvalue weighted by molar-refractivity contribution is 5.82. The molecular weight excluding hydrogens is 200 g/mol. The molecule has 0 heterocycles. The van der Waals surface area contributed by atoms with E-state index in [0.717, 1.165) is 11.1 Å². The zero-order valence-corrected chi connectivity index (χ0v) is 9.57. The van der Waals surface area contributed by atoms with Crippen molar-refractivity contribution in [3.05, 3.63) is 48.0 Å². The summed E-state index contributed by atoms with van der Waals surface area (Å²) in [5.41, 5.74) is 7.78.